The van der Waals surface area contributed by atoms with Gasteiger partial charge in [-0.2, -0.15) is 0 Å². The lowest BCUT2D eigenvalue weighted by atomic mass is 10.1. The van der Waals surface area contributed by atoms with Gasteiger partial charge in [0.2, 0.25) is 0 Å². The number of amides is 1. The molecule has 3 aromatic rings. The molecule has 2 aromatic carbocycles. The lowest BCUT2D eigenvalue weighted by Crippen LogP contribution is -2.11. The summed E-state index contributed by atoms with van der Waals surface area (Å²) in [6, 6.07) is 15.1. The predicted octanol–water partition coefficient (Wildman–Crippen LogP) is 4.25. The van der Waals surface area contributed by atoms with Gasteiger partial charge in [-0.3, -0.25) is 4.79 Å². The van der Waals surface area contributed by atoms with E-state index in [0.29, 0.717) is 5.56 Å². The summed E-state index contributed by atoms with van der Waals surface area (Å²) in [6.45, 7) is 2.10. The van der Waals surface area contributed by atoms with Crippen molar-refractivity contribution in [2.75, 3.05) is 5.32 Å². The second-order valence-corrected chi connectivity index (χ2v) is 4.68. The molecule has 0 spiro atoms. The molecule has 3 rings (SSSR count). The first-order chi connectivity index (χ1) is 9.76. The molecular formula is C17H15NO2. The first-order valence-electron chi connectivity index (χ1n) is 6.64. The molecule has 3 nitrogen and oxygen atoms in total. The smallest absolute Gasteiger partial charge is 0.255 e. The lowest BCUT2D eigenvalue weighted by molar-refractivity contribution is 0.102. The molecule has 3 heteroatoms. The topological polar surface area (TPSA) is 42.2 Å². The highest BCUT2D eigenvalue weighted by molar-refractivity contribution is 6.06. The molecule has 0 unspecified atom stereocenters. The number of furan rings is 1. The van der Waals surface area contributed by atoms with Crippen LogP contribution in [0.4, 0.5) is 5.69 Å². The van der Waals surface area contributed by atoms with Crippen molar-refractivity contribution in [2.24, 2.45) is 0 Å². The zero-order valence-electron chi connectivity index (χ0n) is 11.2. The van der Waals surface area contributed by atoms with Crippen molar-refractivity contribution in [3.63, 3.8) is 0 Å². The van der Waals surface area contributed by atoms with Crippen LogP contribution in [0.2, 0.25) is 0 Å². The Labute approximate surface area is 117 Å². The molecule has 1 amide bonds. The summed E-state index contributed by atoms with van der Waals surface area (Å²) in [5.41, 5.74) is 3.47. The number of carbonyl (C=O) groups excluding carboxylic acids is 1. The Morgan fingerprint density at radius 2 is 1.90 bits per heavy atom. The summed E-state index contributed by atoms with van der Waals surface area (Å²) in [5.74, 6) is -0.114. The first-order valence-corrected chi connectivity index (χ1v) is 6.64. The van der Waals surface area contributed by atoms with E-state index in [-0.39, 0.29) is 5.91 Å². The summed E-state index contributed by atoms with van der Waals surface area (Å²) >= 11 is 0. The van der Waals surface area contributed by atoms with E-state index in [1.165, 1.54) is 5.56 Å². The Morgan fingerprint density at radius 1 is 1.10 bits per heavy atom. The van der Waals surface area contributed by atoms with Crippen molar-refractivity contribution < 1.29 is 9.21 Å². The summed E-state index contributed by atoms with van der Waals surface area (Å²) in [6.07, 6.45) is 2.61. The maximum Gasteiger partial charge on any atom is 0.255 e. The molecule has 100 valence electrons. The van der Waals surface area contributed by atoms with E-state index >= 15 is 0 Å². The van der Waals surface area contributed by atoms with E-state index in [1.807, 2.05) is 42.5 Å². The van der Waals surface area contributed by atoms with Gasteiger partial charge in [0.05, 0.1) is 6.26 Å². The monoisotopic (exact) mass is 265 g/mol. The third-order valence-corrected chi connectivity index (χ3v) is 3.33. The standard InChI is InChI=1S/C17H15NO2/c1-2-12-3-6-15(7-4-12)18-17(19)14-5-8-16-13(11-14)9-10-20-16/h3-11H,2H2,1H3,(H,18,19). The zero-order chi connectivity index (χ0) is 13.9. The Balaban J connectivity index is 1.80. The van der Waals surface area contributed by atoms with Gasteiger partial charge in [-0.15, -0.1) is 0 Å². The largest absolute Gasteiger partial charge is 0.464 e. The molecule has 20 heavy (non-hydrogen) atoms. The number of hydrogen-bond donors (Lipinski definition) is 1. The zero-order valence-corrected chi connectivity index (χ0v) is 11.2. The van der Waals surface area contributed by atoms with Crippen molar-refractivity contribution in [1.82, 2.24) is 0 Å². The average molecular weight is 265 g/mol. The van der Waals surface area contributed by atoms with E-state index in [0.717, 1.165) is 23.1 Å². The van der Waals surface area contributed by atoms with Gasteiger partial charge in [0.25, 0.3) is 5.91 Å². The number of carbonyl (C=O) groups is 1. The molecule has 0 aliphatic heterocycles. The minimum absolute atomic E-state index is 0.114. The highest BCUT2D eigenvalue weighted by Crippen LogP contribution is 2.18. The van der Waals surface area contributed by atoms with Crippen LogP contribution in [0.25, 0.3) is 11.0 Å². The molecule has 1 aromatic heterocycles. The fraction of sp³-hybridized carbons (Fsp3) is 0.118. The third-order valence-electron chi connectivity index (χ3n) is 3.33. The van der Waals surface area contributed by atoms with Gasteiger partial charge in [0, 0.05) is 16.6 Å². The molecule has 0 aliphatic rings. The van der Waals surface area contributed by atoms with Gasteiger partial charge >= 0.3 is 0 Å². The Bertz CT molecular complexity index is 741. The number of benzene rings is 2. The summed E-state index contributed by atoms with van der Waals surface area (Å²) in [5, 5.41) is 3.83. The lowest BCUT2D eigenvalue weighted by Gasteiger charge is -2.06. The highest BCUT2D eigenvalue weighted by atomic mass is 16.3. The quantitative estimate of drug-likeness (QED) is 0.769. The second-order valence-electron chi connectivity index (χ2n) is 4.68. The molecule has 1 heterocycles. The average Bonchev–Trinajstić information content (AvgIpc) is 2.95. The van der Waals surface area contributed by atoms with Crippen LogP contribution >= 0.6 is 0 Å². The summed E-state index contributed by atoms with van der Waals surface area (Å²) in [7, 11) is 0. The van der Waals surface area contributed by atoms with Crippen LogP contribution in [0.3, 0.4) is 0 Å². The van der Waals surface area contributed by atoms with Gasteiger partial charge in [-0.25, -0.2) is 0 Å². The van der Waals surface area contributed by atoms with Crippen LogP contribution in [0.15, 0.2) is 59.2 Å². The van der Waals surface area contributed by atoms with Gasteiger partial charge in [-0.05, 0) is 48.4 Å². The molecule has 0 aliphatic carbocycles. The highest BCUT2D eigenvalue weighted by Gasteiger charge is 2.07. The van der Waals surface area contributed by atoms with E-state index in [9.17, 15) is 4.79 Å². The maximum absolute atomic E-state index is 12.2. The molecule has 0 saturated heterocycles. The first kappa shape index (κ1) is 12.5. The van der Waals surface area contributed by atoms with Crippen LogP contribution in [0, 0.1) is 0 Å². The van der Waals surface area contributed by atoms with E-state index in [2.05, 4.69) is 12.2 Å². The van der Waals surface area contributed by atoms with Crippen LogP contribution in [-0.4, -0.2) is 5.91 Å². The molecule has 1 N–H and O–H groups in total. The van der Waals surface area contributed by atoms with Gasteiger partial charge in [0.1, 0.15) is 5.58 Å². The molecule has 0 radical (unpaired) electrons. The molecule has 0 bridgehead atoms. The number of fused-ring (bicyclic) bond motifs is 1. The van der Waals surface area contributed by atoms with Crippen molar-refractivity contribution in [1.29, 1.82) is 0 Å². The van der Waals surface area contributed by atoms with Crippen molar-refractivity contribution in [3.8, 4) is 0 Å². The Morgan fingerprint density at radius 3 is 2.65 bits per heavy atom. The van der Waals surface area contributed by atoms with Gasteiger partial charge in [0.15, 0.2) is 0 Å². The van der Waals surface area contributed by atoms with E-state index < -0.39 is 0 Å². The molecule has 0 fully saturated rings. The SMILES string of the molecule is CCc1ccc(NC(=O)c2ccc3occc3c2)cc1. The number of aryl methyl sites for hydroxylation is 1. The minimum atomic E-state index is -0.114. The second kappa shape index (κ2) is 5.21. The van der Waals surface area contributed by atoms with Crippen LogP contribution in [0.5, 0.6) is 0 Å². The maximum atomic E-state index is 12.2. The molecular weight excluding hydrogens is 250 g/mol. The van der Waals surface area contributed by atoms with Gasteiger partial charge < -0.3 is 9.73 Å². The Kier molecular flexibility index (Phi) is 3.25. The fourth-order valence-electron chi connectivity index (χ4n) is 2.13. The predicted molar refractivity (Wildman–Crippen MR) is 80.0 cm³/mol. The normalized spacial score (nSPS) is 10.7. The number of rotatable bonds is 3. The minimum Gasteiger partial charge on any atom is -0.464 e. The molecule has 0 saturated carbocycles. The van der Waals surface area contributed by atoms with Crippen LogP contribution < -0.4 is 5.32 Å². The third kappa shape index (κ3) is 2.43. The van der Waals surface area contributed by atoms with Crippen molar-refractivity contribution in [3.05, 3.63) is 65.9 Å². The van der Waals surface area contributed by atoms with Crippen LogP contribution in [-0.2, 0) is 6.42 Å². The summed E-state index contributed by atoms with van der Waals surface area (Å²) < 4.78 is 5.26. The van der Waals surface area contributed by atoms with Crippen molar-refractivity contribution in [2.45, 2.75) is 13.3 Å². The summed E-state index contributed by atoms with van der Waals surface area (Å²) in [4.78, 5) is 12.2. The van der Waals surface area contributed by atoms with Gasteiger partial charge in [-0.1, -0.05) is 19.1 Å². The van der Waals surface area contributed by atoms with E-state index in [1.54, 1.807) is 12.3 Å². The van der Waals surface area contributed by atoms with E-state index in [4.69, 9.17) is 4.42 Å². The van der Waals surface area contributed by atoms with Crippen molar-refractivity contribution >= 4 is 22.6 Å². The fourth-order valence-corrected chi connectivity index (χ4v) is 2.13. The molecule has 0 atom stereocenters. The Hall–Kier alpha value is -2.55. The number of nitrogens with one attached hydrogen (secondary N) is 1. The number of anilines is 1. The number of hydrogen-bond acceptors (Lipinski definition) is 2. The van der Waals surface area contributed by atoms with Crippen LogP contribution in [0.1, 0.15) is 22.8 Å².